The molecule has 0 aliphatic carbocycles. The normalized spacial score (nSPS) is 10.6. The van der Waals surface area contributed by atoms with Gasteiger partial charge < -0.3 is 19.8 Å². The van der Waals surface area contributed by atoms with Gasteiger partial charge in [0.2, 0.25) is 0 Å². The van der Waals surface area contributed by atoms with Crippen molar-refractivity contribution in [2.24, 2.45) is 0 Å². The Bertz CT molecular complexity index is 325. The molecule has 0 fully saturated rings. The van der Waals surface area contributed by atoms with Crippen LogP contribution in [0.1, 0.15) is 45.4 Å². The van der Waals surface area contributed by atoms with E-state index in [2.05, 4.69) is 6.58 Å². The molecule has 0 saturated carbocycles. The zero-order valence-electron chi connectivity index (χ0n) is 12.2. The van der Waals surface area contributed by atoms with Gasteiger partial charge in [-0.05, 0) is 43.8 Å². The van der Waals surface area contributed by atoms with Crippen LogP contribution in [0.3, 0.4) is 0 Å². The fourth-order valence-electron chi connectivity index (χ4n) is 1.51. The number of carbonyl (C=O) groups excluding carboxylic acids is 2. The second kappa shape index (κ2) is 14.8. The van der Waals surface area contributed by atoms with Gasteiger partial charge in [-0.1, -0.05) is 18.9 Å². The number of rotatable bonds is 9. The van der Waals surface area contributed by atoms with E-state index in [0.29, 0.717) is 6.42 Å². The largest absolute Gasteiger partial charge is 1.00 e. The van der Waals surface area contributed by atoms with Crippen molar-refractivity contribution in [2.45, 2.75) is 45.4 Å². The quantitative estimate of drug-likeness (QED) is 0.183. The molecule has 0 aromatic carbocycles. The number of allylic oxidation sites excluding steroid dienone is 1. The van der Waals surface area contributed by atoms with E-state index < -0.39 is 11.9 Å². The van der Waals surface area contributed by atoms with E-state index in [4.69, 9.17) is 0 Å². The summed E-state index contributed by atoms with van der Waals surface area (Å²) in [6, 6.07) is 0. The maximum Gasteiger partial charge on any atom is 1.00 e. The van der Waals surface area contributed by atoms with Gasteiger partial charge in [0.25, 0.3) is 0 Å². The first kappa shape index (κ1) is 24.4. The Labute approximate surface area is 158 Å². The summed E-state index contributed by atoms with van der Waals surface area (Å²) >= 11 is 0. The maximum absolute atomic E-state index is 10.7. The van der Waals surface area contributed by atoms with Crippen LogP contribution < -0.4 is 69.3 Å². The minimum atomic E-state index is -1.45. The van der Waals surface area contributed by atoms with Crippen molar-refractivity contribution < 1.29 is 78.9 Å². The molecule has 19 heavy (non-hydrogen) atoms. The molecule has 0 amide bonds. The van der Waals surface area contributed by atoms with Gasteiger partial charge in [-0.25, -0.2) is 0 Å². The van der Waals surface area contributed by atoms with Crippen molar-refractivity contribution in [3.8, 4) is 0 Å². The van der Waals surface area contributed by atoms with Crippen LogP contribution in [0.2, 0.25) is 0 Å². The molecule has 0 aliphatic rings. The number of hydrogen-bond donors (Lipinski definition) is 0. The van der Waals surface area contributed by atoms with Gasteiger partial charge in [0.1, 0.15) is 0 Å². The van der Waals surface area contributed by atoms with Crippen molar-refractivity contribution in [1.82, 2.24) is 0 Å². The van der Waals surface area contributed by atoms with E-state index in [1.165, 1.54) is 6.92 Å². The third-order valence-corrected chi connectivity index (χ3v) is 2.59. The molecule has 0 rings (SSSR count). The van der Waals surface area contributed by atoms with Gasteiger partial charge in [-0.2, -0.15) is 0 Å². The van der Waals surface area contributed by atoms with Gasteiger partial charge in [0.05, 0.1) is 11.9 Å². The number of aliphatic carboxylic acids is 2. The second-order valence-electron chi connectivity index (χ2n) is 3.92. The first-order chi connectivity index (χ1) is 8.00. The van der Waals surface area contributed by atoms with Crippen LogP contribution in [0, 0.1) is 0 Å². The Morgan fingerprint density at radius 2 is 1.53 bits per heavy atom. The monoisotopic (exact) mass is 284 g/mol. The minimum absolute atomic E-state index is 0. The molecular formula is C13H18Na2O4. The average molecular weight is 284 g/mol. The molecule has 0 saturated heterocycles. The van der Waals surface area contributed by atoms with Crippen molar-refractivity contribution in [2.75, 3.05) is 0 Å². The summed E-state index contributed by atoms with van der Waals surface area (Å²) in [5, 5.41) is 21.3. The molecule has 96 valence electrons. The third-order valence-electron chi connectivity index (χ3n) is 2.59. The number of carboxylic acid groups (broad SMARTS) is 2. The smallest absolute Gasteiger partial charge is 0.545 e. The van der Waals surface area contributed by atoms with Crippen molar-refractivity contribution in [3.63, 3.8) is 0 Å². The number of hydrogen-bond acceptors (Lipinski definition) is 4. The Morgan fingerprint density at radius 3 is 1.95 bits per heavy atom. The van der Waals surface area contributed by atoms with E-state index in [9.17, 15) is 19.8 Å². The van der Waals surface area contributed by atoms with Crippen LogP contribution in [0.15, 0.2) is 23.8 Å². The Kier molecular flexibility index (Phi) is 19.1. The Hall–Kier alpha value is 0.420. The van der Waals surface area contributed by atoms with Gasteiger partial charge in [-0.3, -0.25) is 0 Å². The van der Waals surface area contributed by atoms with E-state index >= 15 is 0 Å². The summed E-state index contributed by atoms with van der Waals surface area (Å²) in [6.45, 7) is 4.84. The second-order valence-corrected chi connectivity index (χ2v) is 3.92. The Balaban J connectivity index is -0.00000128. The fraction of sp³-hybridized carbons (Fsp3) is 0.538. The molecule has 0 bridgehead atoms. The zero-order valence-corrected chi connectivity index (χ0v) is 16.2. The van der Waals surface area contributed by atoms with Crippen LogP contribution in [-0.4, -0.2) is 11.9 Å². The summed E-state index contributed by atoms with van der Waals surface area (Å²) in [4.78, 5) is 21.3. The SMILES string of the molecule is C=CCCCCCC/C(C(=O)[O-])=C(\C)C(=O)[O-].[Na+].[Na+]. The summed E-state index contributed by atoms with van der Waals surface area (Å²) in [6.07, 6.45) is 6.52. The number of carboxylic acids is 2. The van der Waals surface area contributed by atoms with Gasteiger partial charge in [0, 0.05) is 0 Å². The molecule has 0 aromatic rings. The molecule has 0 radical (unpaired) electrons. The van der Waals surface area contributed by atoms with Crippen LogP contribution in [0.25, 0.3) is 0 Å². The molecule has 6 heteroatoms. The summed E-state index contributed by atoms with van der Waals surface area (Å²) < 4.78 is 0. The van der Waals surface area contributed by atoms with Crippen molar-refractivity contribution in [1.29, 1.82) is 0 Å². The van der Waals surface area contributed by atoms with Crippen molar-refractivity contribution >= 4 is 11.9 Å². The molecule has 0 heterocycles. The zero-order chi connectivity index (χ0) is 13.3. The van der Waals surface area contributed by atoms with Gasteiger partial charge in [-0.15, -0.1) is 6.58 Å². The van der Waals surface area contributed by atoms with Crippen LogP contribution in [0.4, 0.5) is 0 Å². The van der Waals surface area contributed by atoms with E-state index in [1.54, 1.807) is 0 Å². The molecule has 0 atom stereocenters. The standard InChI is InChI=1S/C13H20O4.2Na/c1-3-4-5-6-7-8-9-11(13(16)17)10(2)12(14)15;;/h3H,1,4-9H2,2H3,(H,14,15)(H,16,17);;/q;2*+1/p-2/b11-10-;;. The maximum atomic E-state index is 10.7. The van der Waals surface area contributed by atoms with Gasteiger partial charge >= 0.3 is 59.1 Å². The molecular weight excluding hydrogens is 266 g/mol. The fourth-order valence-corrected chi connectivity index (χ4v) is 1.51. The predicted octanol–water partition coefficient (Wildman–Crippen LogP) is -5.66. The van der Waals surface area contributed by atoms with Crippen LogP contribution >= 0.6 is 0 Å². The molecule has 0 aromatic heterocycles. The minimum Gasteiger partial charge on any atom is -0.545 e. The van der Waals surface area contributed by atoms with E-state index in [-0.39, 0.29) is 76.7 Å². The van der Waals surface area contributed by atoms with Crippen LogP contribution in [0.5, 0.6) is 0 Å². The van der Waals surface area contributed by atoms with Gasteiger partial charge in [0.15, 0.2) is 0 Å². The van der Waals surface area contributed by atoms with E-state index in [1.807, 2.05) is 6.08 Å². The molecule has 0 N–H and O–H groups in total. The number of unbranched alkanes of at least 4 members (excludes halogenated alkanes) is 4. The molecule has 0 aliphatic heterocycles. The first-order valence-corrected chi connectivity index (χ1v) is 5.74. The summed E-state index contributed by atoms with van der Waals surface area (Å²) in [5.74, 6) is -2.87. The Morgan fingerprint density at radius 1 is 1.00 bits per heavy atom. The first-order valence-electron chi connectivity index (χ1n) is 5.74. The number of carbonyl (C=O) groups is 2. The van der Waals surface area contributed by atoms with Crippen molar-refractivity contribution in [3.05, 3.63) is 23.8 Å². The predicted molar refractivity (Wildman–Crippen MR) is 60.6 cm³/mol. The third kappa shape index (κ3) is 11.9. The molecule has 4 nitrogen and oxygen atoms in total. The summed E-state index contributed by atoms with van der Waals surface area (Å²) in [7, 11) is 0. The molecule has 0 unspecified atom stereocenters. The molecule has 0 spiro atoms. The van der Waals surface area contributed by atoms with E-state index in [0.717, 1.165) is 25.7 Å². The topological polar surface area (TPSA) is 80.3 Å². The van der Waals surface area contributed by atoms with Crippen LogP contribution in [-0.2, 0) is 9.59 Å². The summed E-state index contributed by atoms with van der Waals surface area (Å²) in [5.41, 5.74) is -0.398. The average Bonchev–Trinajstić information content (AvgIpc) is 2.26.